The van der Waals surface area contributed by atoms with Crippen molar-refractivity contribution in [2.75, 3.05) is 0 Å². The van der Waals surface area contributed by atoms with E-state index < -0.39 is 12.8 Å². The number of hydrogen-bond acceptors (Lipinski definition) is 1. The number of fused-ring (bicyclic) bond motifs is 1. The van der Waals surface area contributed by atoms with Gasteiger partial charge in [-0.25, -0.2) is 8.78 Å². The maximum Gasteiger partial charge on any atom is 0.248 e. The molecule has 0 radical (unpaired) electrons. The van der Waals surface area contributed by atoms with Crippen LogP contribution < -0.4 is 0 Å². The molecule has 26 heavy (non-hydrogen) atoms. The molecule has 0 atom stereocenters. The summed E-state index contributed by atoms with van der Waals surface area (Å²) in [5.74, 6) is -2.45. The van der Waals surface area contributed by atoms with Crippen LogP contribution >= 0.6 is 11.6 Å². The highest BCUT2D eigenvalue weighted by molar-refractivity contribution is 6.35. The molecule has 0 aromatic carbocycles. The number of carbonyl (C=O) groups excluding carboxylic acids is 1. The largest absolute Gasteiger partial charge is 0.319 e. The summed E-state index contributed by atoms with van der Waals surface area (Å²) in [5.41, 5.74) is 2.02. The quantitative estimate of drug-likeness (QED) is 0.485. The molecule has 0 spiro atoms. The second-order valence-corrected chi connectivity index (χ2v) is 7.65. The zero-order valence-corrected chi connectivity index (χ0v) is 15.5. The van der Waals surface area contributed by atoms with E-state index in [0.717, 1.165) is 5.69 Å². The number of nitrogens with zero attached hydrogens (tertiary/aromatic N) is 1. The molecule has 0 aliphatic heterocycles. The van der Waals surface area contributed by atoms with Crippen molar-refractivity contribution in [1.82, 2.24) is 4.40 Å². The zero-order valence-electron chi connectivity index (χ0n) is 17.7. The summed E-state index contributed by atoms with van der Waals surface area (Å²) in [6.07, 6.45) is 4.57. The molecule has 1 aliphatic rings. The van der Waals surface area contributed by atoms with Crippen molar-refractivity contribution in [3.05, 3.63) is 40.7 Å². The van der Waals surface area contributed by atoms with E-state index >= 15 is 0 Å². The van der Waals surface area contributed by atoms with Crippen LogP contribution in [0.5, 0.6) is 0 Å². The SMILES string of the molecule is [2H]C([2H])([2H])CCCc1cc(C(=O)CCC2CCC(F)(F)CC2)c2c(Cl)cccn12. The van der Waals surface area contributed by atoms with E-state index in [9.17, 15) is 13.6 Å². The van der Waals surface area contributed by atoms with Crippen molar-refractivity contribution in [2.45, 2.75) is 70.6 Å². The molecular weight excluding hydrogens is 356 g/mol. The minimum Gasteiger partial charge on any atom is -0.319 e. The monoisotopic (exact) mass is 384 g/mol. The number of carbonyl (C=O) groups is 1. The van der Waals surface area contributed by atoms with Crippen molar-refractivity contribution in [1.29, 1.82) is 0 Å². The topological polar surface area (TPSA) is 21.5 Å². The second kappa shape index (κ2) is 8.08. The lowest BCUT2D eigenvalue weighted by Gasteiger charge is -2.27. The lowest BCUT2D eigenvalue weighted by atomic mass is 9.83. The van der Waals surface area contributed by atoms with Gasteiger partial charge in [0.15, 0.2) is 5.78 Å². The third-order valence-electron chi connectivity index (χ3n) is 5.35. The molecule has 0 saturated heterocycles. The minimum absolute atomic E-state index is 0.0463. The molecular formula is C21H26ClF2NO. The van der Waals surface area contributed by atoms with Gasteiger partial charge in [0.1, 0.15) is 0 Å². The van der Waals surface area contributed by atoms with Crippen LogP contribution in [-0.4, -0.2) is 16.1 Å². The first-order valence-corrected chi connectivity index (χ1v) is 9.63. The van der Waals surface area contributed by atoms with Crippen molar-refractivity contribution in [3.63, 3.8) is 0 Å². The molecule has 2 aromatic heterocycles. The molecule has 142 valence electrons. The van der Waals surface area contributed by atoms with E-state index in [1.54, 1.807) is 18.2 Å². The number of alkyl halides is 2. The second-order valence-electron chi connectivity index (χ2n) is 7.24. The molecule has 0 bridgehead atoms. The third kappa shape index (κ3) is 4.28. The number of hydrogen-bond donors (Lipinski definition) is 0. The summed E-state index contributed by atoms with van der Waals surface area (Å²) in [6, 6.07) is 5.32. The maximum atomic E-state index is 13.3. The van der Waals surface area contributed by atoms with Gasteiger partial charge in [-0.1, -0.05) is 24.9 Å². The van der Waals surface area contributed by atoms with Crippen LogP contribution in [0.1, 0.15) is 78.4 Å². The number of ketones is 1. The van der Waals surface area contributed by atoms with E-state index in [-0.39, 0.29) is 31.0 Å². The van der Waals surface area contributed by atoms with Crippen molar-refractivity contribution < 1.29 is 17.7 Å². The molecule has 2 aromatic rings. The van der Waals surface area contributed by atoms with Crippen LogP contribution in [0.4, 0.5) is 8.78 Å². The highest BCUT2D eigenvalue weighted by atomic mass is 35.5. The van der Waals surface area contributed by atoms with Crippen molar-refractivity contribution in [3.8, 4) is 0 Å². The van der Waals surface area contributed by atoms with E-state index in [0.29, 0.717) is 54.6 Å². The van der Waals surface area contributed by atoms with Gasteiger partial charge in [0.2, 0.25) is 5.92 Å². The molecule has 1 fully saturated rings. The van der Waals surface area contributed by atoms with Gasteiger partial charge in [-0.3, -0.25) is 4.79 Å². The van der Waals surface area contributed by atoms with Gasteiger partial charge in [0, 0.05) is 40.8 Å². The van der Waals surface area contributed by atoms with Crippen LogP contribution in [0.25, 0.3) is 5.52 Å². The van der Waals surface area contributed by atoms with Gasteiger partial charge < -0.3 is 4.40 Å². The third-order valence-corrected chi connectivity index (χ3v) is 5.65. The Morgan fingerprint density at radius 3 is 2.92 bits per heavy atom. The highest BCUT2D eigenvalue weighted by Crippen LogP contribution is 2.38. The van der Waals surface area contributed by atoms with E-state index in [1.807, 2.05) is 10.6 Å². The van der Waals surface area contributed by atoms with E-state index in [4.69, 9.17) is 15.7 Å². The molecule has 2 nitrogen and oxygen atoms in total. The van der Waals surface area contributed by atoms with Crippen LogP contribution in [0.15, 0.2) is 24.4 Å². The van der Waals surface area contributed by atoms with E-state index in [2.05, 4.69) is 0 Å². The van der Waals surface area contributed by atoms with Crippen LogP contribution in [0.2, 0.25) is 5.02 Å². The minimum atomic E-state index is -2.56. The Bertz CT molecular complexity index is 869. The standard InChI is InChI=1S/C21H26ClF2NO/c1-2-3-5-16-14-17(20-18(22)6-4-13-25(16)20)19(26)8-7-15-9-11-21(23,24)12-10-15/h4,6,13-15H,2-3,5,7-12H2,1H3/i1D3. The summed E-state index contributed by atoms with van der Waals surface area (Å²) < 4.78 is 50.5. The smallest absolute Gasteiger partial charge is 0.248 e. The molecule has 1 aliphatic carbocycles. The van der Waals surface area contributed by atoms with Crippen molar-refractivity contribution in [2.24, 2.45) is 5.92 Å². The highest BCUT2D eigenvalue weighted by Gasteiger charge is 2.34. The molecule has 3 rings (SSSR count). The molecule has 0 unspecified atom stereocenters. The molecule has 2 heterocycles. The van der Waals surface area contributed by atoms with Gasteiger partial charge >= 0.3 is 0 Å². The summed E-state index contributed by atoms with van der Waals surface area (Å²) >= 11 is 6.36. The average molecular weight is 385 g/mol. The van der Waals surface area contributed by atoms with Crippen LogP contribution in [0, 0.1) is 5.92 Å². The number of halogens is 3. The Morgan fingerprint density at radius 2 is 2.19 bits per heavy atom. The molecule has 1 saturated carbocycles. The van der Waals surface area contributed by atoms with Gasteiger partial charge in [-0.15, -0.1) is 0 Å². The van der Waals surface area contributed by atoms with Gasteiger partial charge in [0.05, 0.1) is 10.5 Å². The van der Waals surface area contributed by atoms with Crippen LogP contribution in [0.3, 0.4) is 0 Å². The lowest BCUT2D eigenvalue weighted by molar-refractivity contribution is -0.0464. The lowest BCUT2D eigenvalue weighted by Crippen LogP contribution is -2.24. The Balaban J connectivity index is 1.72. The summed E-state index contributed by atoms with van der Waals surface area (Å²) in [4.78, 5) is 12.9. The number of rotatable bonds is 7. The van der Waals surface area contributed by atoms with E-state index in [1.165, 1.54) is 0 Å². The number of Topliss-reactive ketones (excluding diaryl/α,β-unsaturated/α-hetero) is 1. The zero-order chi connectivity index (χ0) is 21.2. The number of aryl methyl sites for hydroxylation is 1. The Kier molecular flexibility index (Phi) is 4.85. The van der Waals surface area contributed by atoms with Gasteiger partial charge in [0.25, 0.3) is 0 Å². The predicted molar refractivity (Wildman–Crippen MR) is 101 cm³/mol. The molecule has 0 amide bonds. The summed E-state index contributed by atoms with van der Waals surface area (Å²) in [5, 5.41) is 0.468. The first kappa shape index (κ1) is 15.6. The number of aromatic nitrogens is 1. The first-order valence-electron chi connectivity index (χ1n) is 10.8. The average Bonchev–Trinajstić information content (AvgIpc) is 3.00. The predicted octanol–water partition coefficient (Wildman–Crippen LogP) is 6.72. The Hall–Kier alpha value is -1.42. The summed E-state index contributed by atoms with van der Waals surface area (Å²) in [7, 11) is 0. The first-order chi connectivity index (χ1) is 13.6. The normalized spacial score (nSPS) is 19.9. The summed E-state index contributed by atoms with van der Waals surface area (Å²) in [6.45, 7) is -1.97. The fourth-order valence-corrected chi connectivity index (χ4v) is 4.08. The fourth-order valence-electron chi connectivity index (χ4n) is 3.82. The maximum absolute atomic E-state index is 13.3. The van der Waals surface area contributed by atoms with Crippen molar-refractivity contribution >= 4 is 22.9 Å². The van der Waals surface area contributed by atoms with Gasteiger partial charge in [-0.05, 0) is 56.2 Å². The van der Waals surface area contributed by atoms with Crippen LogP contribution in [-0.2, 0) is 6.42 Å². The Morgan fingerprint density at radius 1 is 1.42 bits per heavy atom. The Labute approximate surface area is 162 Å². The fraction of sp³-hybridized carbons (Fsp3) is 0.571. The van der Waals surface area contributed by atoms with Gasteiger partial charge in [-0.2, -0.15) is 0 Å². The molecule has 5 heteroatoms. The molecule has 0 N–H and O–H groups in total. The number of pyridine rings is 1.